The molecule has 0 radical (unpaired) electrons. The zero-order valence-corrected chi connectivity index (χ0v) is 10.6. The average Bonchev–Trinajstić information content (AvgIpc) is 3.05. The van der Waals surface area contributed by atoms with Gasteiger partial charge in [-0.1, -0.05) is 0 Å². The Labute approximate surface area is 107 Å². The lowest BCUT2D eigenvalue weighted by molar-refractivity contribution is -0.173. The van der Waals surface area contributed by atoms with E-state index < -0.39 is 12.8 Å². The van der Waals surface area contributed by atoms with Gasteiger partial charge < -0.3 is 10.5 Å². The van der Waals surface area contributed by atoms with Gasteiger partial charge in [-0.2, -0.15) is 13.2 Å². The minimum Gasteiger partial charge on any atom is -0.372 e. The number of nitrogens with two attached hydrogens (primary N) is 1. The number of nitrogens with zero attached hydrogens (tertiary/aromatic N) is 1. The number of hydrogen-bond acceptors (Lipinski definition) is 4. The van der Waals surface area contributed by atoms with E-state index in [2.05, 4.69) is 9.72 Å². The van der Waals surface area contributed by atoms with Crippen LogP contribution in [0.5, 0.6) is 0 Å². The molecule has 0 atom stereocenters. The molecule has 3 nitrogen and oxygen atoms in total. The molecule has 0 bridgehead atoms. The van der Waals surface area contributed by atoms with Crippen LogP contribution >= 0.6 is 11.3 Å². The lowest BCUT2D eigenvalue weighted by atomic mass is 10.2. The Morgan fingerprint density at radius 1 is 1.39 bits per heavy atom. The second-order valence-electron chi connectivity index (χ2n) is 4.31. The minimum atomic E-state index is -4.26. The molecule has 7 heteroatoms. The highest BCUT2D eigenvalue weighted by molar-refractivity contribution is 7.11. The Bertz CT molecular complexity index is 401. The fraction of sp³-hybridized carbons (Fsp3) is 0.727. The van der Waals surface area contributed by atoms with E-state index in [9.17, 15) is 13.2 Å². The topological polar surface area (TPSA) is 48.1 Å². The van der Waals surface area contributed by atoms with Crippen molar-refractivity contribution in [3.05, 3.63) is 15.6 Å². The molecule has 1 aromatic rings. The van der Waals surface area contributed by atoms with E-state index in [1.54, 1.807) is 0 Å². The first-order valence-corrected chi connectivity index (χ1v) is 6.64. The molecule has 0 aliphatic heterocycles. The van der Waals surface area contributed by atoms with Crippen LogP contribution in [-0.2, 0) is 17.7 Å². The first-order chi connectivity index (χ1) is 8.49. The molecule has 1 heterocycles. The lowest BCUT2D eigenvalue weighted by Crippen LogP contribution is -2.17. The van der Waals surface area contributed by atoms with E-state index in [1.807, 2.05) is 0 Å². The van der Waals surface area contributed by atoms with Gasteiger partial charge in [0.25, 0.3) is 0 Å². The van der Waals surface area contributed by atoms with Gasteiger partial charge in [0.05, 0.1) is 17.3 Å². The Balaban J connectivity index is 1.82. The number of aromatic nitrogens is 1. The van der Waals surface area contributed by atoms with Crippen LogP contribution in [0, 0.1) is 0 Å². The van der Waals surface area contributed by atoms with E-state index in [0.717, 1.165) is 28.4 Å². The molecule has 0 aromatic carbocycles. The summed E-state index contributed by atoms with van der Waals surface area (Å²) in [5, 5.41) is 0.819. The average molecular weight is 280 g/mol. The van der Waals surface area contributed by atoms with Crippen LogP contribution in [0.15, 0.2) is 0 Å². The molecular formula is C11H15F3N2OS. The summed E-state index contributed by atoms with van der Waals surface area (Å²) in [6.07, 6.45) is -1.56. The van der Waals surface area contributed by atoms with Crippen LogP contribution in [0.3, 0.4) is 0 Å². The quantitative estimate of drug-likeness (QED) is 0.815. The predicted octanol–water partition coefficient (Wildman–Crippen LogP) is 2.60. The van der Waals surface area contributed by atoms with E-state index in [0.29, 0.717) is 18.9 Å². The van der Waals surface area contributed by atoms with Gasteiger partial charge in [0, 0.05) is 23.8 Å². The molecule has 18 heavy (non-hydrogen) atoms. The second-order valence-corrected chi connectivity index (χ2v) is 5.48. The van der Waals surface area contributed by atoms with Crippen LogP contribution < -0.4 is 5.73 Å². The molecule has 0 saturated heterocycles. The third-order valence-electron chi connectivity index (χ3n) is 2.65. The van der Waals surface area contributed by atoms with Crippen molar-refractivity contribution in [2.45, 2.75) is 37.9 Å². The number of halogens is 3. The number of ether oxygens (including phenoxy) is 1. The maximum absolute atomic E-state index is 11.9. The van der Waals surface area contributed by atoms with Crippen LogP contribution in [0.1, 0.15) is 34.3 Å². The van der Waals surface area contributed by atoms with Gasteiger partial charge in [-0.3, -0.25) is 0 Å². The number of hydrogen-bond donors (Lipinski definition) is 1. The van der Waals surface area contributed by atoms with Crippen LogP contribution in [0.2, 0.25) is 0 Å². The fourth-order valence-electron chi connectivity index (χ4n) is 1.69. The Hall–Kier alpha value is -0.660. The van der Waals surface area contributed by atoms with Crippen molar-refractivity contribution in [3.8, 4) is 0 Å². The largest absolute Gasteiger partial charge is 0.411 e. The van der Waals surface area contributed by atoms with E-state index in [4.69, 9.17) is 5.73 Å². The molecule has 1 aromatic heterocycles. The summed E-state index contributed by atoms with van der Waals surface area (Å²) in [6, 6.07) is 0. The highest BCUT2D eigenvalue weighted by atomic mass is 32.1. The maximum atomic E-state index is 11.9. The fourth-order valence-corrected chi connectivity index (χ4v) is 2.70. The summed E-state index contributed by atoms with van der Waals surface area (Å²) >= 11 is 1.49. The van der Waals surface area contributed by atoms with Crippen LogP contribution in [0.25, 0.3) is 0 Å². The standard InChI is InChI=1S/C11H15F3N2OS/c12-11(13,14)6-17-4-3-9-16-10(7-1-2-7)8(5-15)18-9/h7H,1-6,15H2. The van der Waals surface area contributed by atoms with Gasteiger partial charge >= 0.3 is 6.18 Å². The monoisotopic (exact) mass is 280 g/mol. The molecule has 2 N–H and O–H groups in total. The van der Waals surface area contributed by atoms with Crippen molar-refractivity contribution >= 4 is 11.3 Å². The maximum Gasteiger partial charge on any atom is 0.411 e. The van der Waals surface area contributed by atoms with Gasteiger partial charge in [-0.05, 0) is 12.8 Å². The lowest BCUT2D eigenvalue weighted by Gasteiger charge is -2.06. The van der Waals surface area contributed by atoms with Gasteiger partial charge in [0.1, 0.15) is 6.61 Å². The van der Waals surface area contributed by atoms with Crippen molar-refractivity contribution < 1.29 is 17.9 Å². The Morgan fingerprint density at radius 2 is 2.11 bits per heavy atom. The Kier molecular flexibility index (Phi) is 4.24. The molecule has 1 aliphatic carbocycles. The van der Waals surface area contributed by atoms with Crippen molar-refractivity contribution in [3.63, 3.8) is 0 Å². The van der Waals surface area contributed by atoms with E-state index in [1.165, 1.54) is 11.3 Å². The second kappa shape index (κ2) is 5.54. The summed E-state index contributed by atoms with van der Waals surface area (Å²) in [5.41, 5.74) is 6.68. The molecule has 1 saturated carbocycles. The van der Waals surface area contributed by atoms with Crippen molar-refractivity contribution in [1.29, 1.82) is 0 Å². The van der Waals surface area contributed by atoms with Crippen molar-refractivity contribution in [2.75, 3.05) is 13.2 Å². The number of thiazole rings is 1. The smallest absolute Gasteiger partial charge is 0.372 e. The molecule has 0 unspecified atom stereocenters. The zero-order valence-electron chi connectivity index (χ0n) is 9.79. The SMILES string of the molecule is NCc1sc(CCOCC(F)(F)F)nc1C1CC1. The third kappa shape index (κ3) is 3.93. The highest BCUT2D eigenvalue weighted by Gasteiger charge is 2.29. The van der Waals surface area contributed by atoms with E-state index in [-0.39, 0.29) is 6.61 Å². The molecule has 2 rings (SSSR count). The first kappa shape index (κ1) is 13.8. The molecule has 1 aliphatic rings. The van der Waals surface area contributed by atoms with E-state index >= 15 is 0 Å². The number of rotatable bonds is 6. The normalized spacial score (nSPS) is 16.2. The van der Waals surface area contributed by atoms with Crippen molar-refractivity contribution in [1.82, 2.24) is 4.98 Å². The van der Waals surface area contributed by atoms with Gasteiger partial charge in [0.15, 0.2) is 0 Å². The van der Waals surface area contributed by atoms with Crippen LogP contribution in [0.4, 0.5) is 13.2 Å². The summed E-state index contributed by atoms with van der Waals surface area (Å²) in [7, 11) is 0. The van der Waals surface area contributed by atoms with Gasteiger partial charge in [0.2, 0.25) is 0 Å². The minimum absolute atomic E-state index is 0.0428. The summed E-state index contributed by atoms with van der Waals surface area (Å²) in [5.74, 6) is 0.518. The highest BCUT2D eigenvalue weighted by Crippen LogP contribution is 2.42. The van der Waals surface area contributed by atoms with Crippen molar-refractivity contribution in [2.24, 2.45) is 5.73 Å². The molecule has 0 spiro atoms. The first-order valence-electron chi connectivity index (χ1n) is 5.82. The molecule has 1 fully saturated rings. The predicted molar refractivity (Wildman–Crippen MR) is 62.6 cm³/mol. The summed E-state index contributed by atoms with van der Waals surface area (Å²) < 4.78 is 40.2. The molecule has 102 valence electrons. The summed E-state index contributed by atoms with van der Waals surface area (Å²) in [4.78, 5) is 5.51. The molecular weight excluding hydrogens is 265 g/mol. The third-order valence-corrected chi connectivity index (χ3v) is 3.80. The Morgan fingerprint density at radius 3 is 2.67 bits per heavy atom. The zero-order chi connectivity index (χ0) is 13.2. The van der Waals surface area contributed by atoms with Gasteiger partial charge in [-0.25, -0.2) is 4.98 Å². The number of alkyl halides is 3. The van der Waals surface area contributed by atoms with Crippen LogP contribution in [-0.4, -0.2) is 24.4 Å². The molecule has 0 amide bonds. The van der Waals surface area contributed by atoms with Gasteiger partial charge in [-0.15, -0.1) is 11.3 Å². The summed E-state index contributed by atoms with van der Waals surface area (Å²) in [6.45, 7) is -0.703.